The maximum absolute atomic E-state index is 13.5. The lowest BCUT2D eigenvalue weighted by molar-refractivity contribution is 0.0785. The number of hydrogen-bond acceptors (Lipinski definition) is 2. The van der Waals surface area contributed by atoms with E-state index in [0.29, 0.717) is 6.07 Å². The zero-order chi connectivity index (χ0) is 16.3. The van der Waals surface area contributed by atoms with Crippen LogP contribution in [0.1, 0.15) is 35.3 Å². The fourth-order valence-corrected chi connectivity index (χ4v) is 1.98. The van der Waals surface area contributed by atoms with Gasteiger partial charge in [-0.15, -0.1) is 0 Å². The number of rotatable bonds is 4. The number of carbonyl (C=O) groups excluding carboxylic acids is 1. The van der Waals surface area contributed by atoms with E-state index in [1.807, 2.05) is 0 Å². The van der Waals surface area contributed by atoms with Gasteiger partial charge in [0.1, 0.15) is 11.6 Å². The molecular formula is C17H17F2NO2. The molecule has 2 N–H and O–H groups in total. The summed E-state index contributed by atoms with van der Waals surface area (Å²) in [5.41, 5.74) is 0.435. The van der Waals surface area contributed by atoms with E-state index in [1.54, 1.807) is 38.1 Å². The zero-order valence-electron chi connectivity index (χ0n) is 12.4. The van der Waals surface area contributed by atoms with E-state index in [4.69, 9.17) is 0 Å². The quantitative estimate of drug-likeness (QED) is 0.912. The summed E-state index contributed by atoms with van der Waals surface area (Å²) in [5, 5.41) is 12.4. The number of aliphatic hydroxyl groups is 1. The van der Waals surface area contributed by atoms with E-state index < -0.39 is 23.1 Å². The molecule has 0 aliphatic heterocycles. The Morgan fingerprint density at radius 2 is 1.77 bits per heavy atom. The van der Waals surface area contributed by atoms with Crippen LogP contribution in [0.25, 0.3) is 0 Å². The molecule has 2 rings (SSSR count). The molecule has 5 heteroatoms. The van der Waals surface area contributed by atoms with E-state index in [0.717, 1.165) is 23.3 Å². The highest BCUT2D eigenvalue weighted by molar-refractivity contribution is 5.94. The number of carbonyl (C=O) groups is 1. The average Bonchev–Trinajstić information content (AvgIpc) is 2.44. The van der Waals surface area contributed by atoms with Gasteiger partial charge in [-0.05, 0) is 37.1 Å². The smallest absolute Gasteiger partial charge is 0.254 e. The molecule has 22 heavy (non-hydrogen) atoms. The monoisotopic (exact) mass is 305 g/mol. The van der Waals surface area contributed by atoms with E-state index >= 15 is 0 Å². The standard InChI is InChI=1S/C17H17F2NO2/c1-17(2,22)12-5-3-11(4-6-12)10-20-16(21)14-8-7-13(18)9-15(14)19/h3-9,22H,10H2,1-2H3,(H,20,21). The summed E-state index contributed by atoms with van der Waals surface area (Å²) < 4.78 is 26.3. The Morgan fingerprint density at radius 1 is 1.14 bits per heavy atom. The summed E-state index contributed by atoms with van der Waals surface area (Å²) in [4.78, 5) is 11.9. The Labute approximate surface area is 127 Å². The van der Waals surface area contributed by atoms with Crippen LogP contribution >= 0.6 is 0 Å². The third-order valence-electron chi connectivity index (χ3n) is 3.29. The zero-order valence-corrected chi connectivity index (χ0v) is 12.4. The van der Waals surface area contributed by atoms with Gasteiger partial charge in [0.15, 0.2) is 0 Å². The predicted octanol–water partition coefficient (Wildman–Crippen LogP) is 3.12. The summed E-state index contributed by atoms with van der Waals surface area (Å²) >= 11 is 0. The van der Waals surface area contributed by atoms with Crippen LogP contribution in [0.3, 0.4) is 0 Å². The van der Waals surface area contributed by atoms with Gasteiger partial charge in [-0.1, -0.05) is 24.3 Å². The Kier molecular flexibility index (Phi) is 4.56. The van der Waals surface area contributed by atoms with Gasteiger partial charge in [0.2, 0.25) is 0 Å². The van der Waals surface area contributed by atoms with E-state index in [-0.39, 0.29) is 12.1 Å². The molecular weight excluding hydrogens is 288 g/mol. The number of benzene rings is 2. The molecule has 0 atom stereocenters. The first-order chi connectivity index (χ1) is 10.3. The minimum atomic E-state index is -0.932. The van der Waals surface area contributed by atoms with Crippen molar-refractivity contribution in [2.24, 2.45) is 0 Å². The summed E-state index contributed by atoms with van der Waals surface area (Å²) in [6.45, 7) is 3.57. The fraction of sp³-hybridized carbons (Fsp3) is 0.235. The summed E-state index contributed by atoms with van der Waals surface area (Å²) in [6.07, 6.45) is 0. The maximum Gasteiger partial charge on any atom is 0.254 e. The van der Waals surface area contributed by atoms with Gasteiger partial charge in [0.25, 0.3) is 5.91 Å². The van der Waals surface area contributed by atoms with Crippen molar-refractivity contribution in [3.8, 4) is 0 Å². The molecule has 0 saturated carbocycles. The predicted molar refractivity (Wildman–Crippen MR) is 79.2 cm³/mol. The number of amides is 1. The van der Waals surface area contributed by atoms with Gasteiger partial charge in [-0.2, -0.15) is 0 Å². The second kappa shape index (κ2) is 6.23. The minimum Gasteiger partial charge on any atom is -0.386 e. The Bertz CT molecular complexity index is 676. The minimum absolute atomic E-state index is 0.200. The van der Waals surface area contributed by atoms with E-state index in [2.05, 4.69) is 5.32 Å². The Balaban J connectivity index is 2.02. The van der Waals surface area contributed by atoms with E-state index in [1.165, 1.54) is 0 Å². The van der Waals surface area contributed by atoms with Crippen molar-refractivity contribution in [3.05, 3.63) is 70.8 Å². The van der Waals surface area contributed by atoms with Crippen molar-refractivity contribution >= 4 is 5.91 Å². The molecule has 116 valence electrons. The molecule has 1 amide bonds. The molecule has 0 heterocycles. The normalized spacial score (nSPS) is 11.3. The van der Waals surface area contributed by atoms with Crippen LogP contribution in [0.4, 0.5) is 8.78 Å². The molecule has 0 unspecified atom stereocenters. The average molecular weight is 305 g/mol. The highest BCUT2D eigenvalue weighted by Gasteiger charge is 2.15. The molecule has 0 fully saturated rings. The number of nitrogens with one attached hydrogen (secondary N) is 1. The number of halogens is 2. The molecule has 0 saturated heterocycles. The fourth-order valence-electron chi connectivity index (χ4n) is 1.98. The van der Waals surface area contributed by atoms with Crippen LogP contribution in [0.5, 0.6) is 0 Å². The lowest BCUT2D eigenvalue weighted by Gasteiger charge is -2.18. The van der Waals surface area contributed by atoms with Crippen LogP contribution in [-0.2, 0) is 12.1 Å². The Morgan fingerprint density at radius 3 is 2.32 bits per heavy atom. The van der Waals surface area contributed by atoms with Gasteiger partial charge in [0, 0.05) is 12.6 Å². The third-order valence-corrected chi connectivity index (χ3v) is 3.29. The highest BCUT2D eigenvalue weighted by Crippen LogP contribution is 2.19. The van der Waals surface area contributed by atoms with E-state index in [9.17, 15) is 18.7 Å². The van der Waals surface area contributed by atoms with Gasteiger partial charge in [-0.25, -0.2) is 8.78 Å². The van der Waals surface area contributed by atoms with Gasteiger partial charge in [0.05, 0.1) is 11.2 Å². The van der Waals surface area contributed by atoms with Crippen LogP contribution in [0, 0.1) is 11.6 Å². The van der Waals surface area contributed by atoms with Crippen molar-refractivity contribution in [1.82, 2.24) is 5.32 Å². The second-order valence-electron chi connectivity index (χ2n) is 5.56. The number of hydrogen-bond donors (Lipinski definition) is 2. The lowest BCUT2D eigenvalue weighted by Crippen LogP contribution is -2.24. The highest BCUT2D eigenvalue weighted by atomic mass is 19.1. The largest absolute Gasteiger partial charge is 0.386 e. The van der Waals surface area contributed by atoms with Gasteiger partial charge >= 0.3 is 0 Å². The SMILES string of the molecule is CC(C)(O)c1ccc(CNC(=O)c2ccc(F)cc2F)cc1. The lowest BCUT2D eigenvalue weighted by atomic mass is 9.97. The first-order valence-corrected chi connectivity index (χ1v) is 6.82. The van der Waals surface area contributed by atoms with Crippen LogP contribution in [0.2, 0.25) is 0 Å². The second-order valence-corrected chi connectivity index (χ2v) is 5.56. The molecule has 0 bridgehead atoms. The molecule has 2 aromatic carbocycles. The molecule has 0 spiro atoms. The van der Waals surface area contributed by atoms with Crippen molar-refractivity contribution in [2.75, 3.05) is 0 Å². The van der Waals surface area contributed by atoms with Crippen molar-refractivity contribution in [1.29, 1.82) is 0 Å². The van der Waals surface area contributed by atoms with Crippen molar-refractivity contribution < 1.29 is 18.7 Å². The van der Waals surface area contributed by atoms with Crippen LogP contribution < -0.4 is 5.32 Å². The Hall–Kier alpha value is -2.27. The topological polar surface area (TPSA) is 49.3 Å². The summed E-state index contributed by atoms with van der Waals surface area (Å²) in [6, 6.07) is 9.89. The first-order valence-electron chi connectivity index (χ1n) is 6.82. The van der Waals surface area contributed by atoms with Crippen molar-refractivity contribution in [2.45, 2.75) is 26.0 Å². The molecule has 0 radical (unpaired) electrons. The molecule has 3 nitrogen and oxygen atoms in total. The van der Waals surface area contributed by atoms with Crippen LogP contribution in [0.15, 0.2) is 42.5 Å². The first kappa shape index (κ1) is 16.1. The van der Waals surface area contributed by atoms with Crippen molar-refractivity contribution in [3.63, 3.8) is 0 Å². The third kappa shape index (κ3) is 3.89. The molecule has 0 aromatic heterocycles. The van der Waals surface area contributed by atoms with Gasteiger partial charge < -0.3 is 10.4 Å². The summed E-state index contributed by atoms with van der Waals surface area (Å²) in [5.74, 6) is -2.23. The van der Waals surface area contributed by atoms with Crippen LogP contribution in [-0.4, -0.2) is 11.0 Å². The van der Waals surface area contributed by atoms with Gasteiger partial charge in [-0.3, -0.25) is 4.79 Å². The molecule has 0 aliphatic rings. The molecule has 0 aliphatic carbocycles. The molecule has 2 aromatic rings. The maximum atomic E-state index is 13.5. The summed E-state index contributed by atoms with van der Waals surface area (Å²) in [7, 11) is 0.